The molecule has 0 aliphatic rings. The second kappa shape index (κ2) is 6.56. The Hall–Kier alpha value is -1.56. The highest BCUT2D eigenvalue weighted by Crippen LogP contribution is 2.21. The number of rotatable bonds is 4. The molecule has 2 amide bonds. The topological polar surface area (TPSA) is 69.6 Å². The maximum atomic E-state index is 11.9. The van der Waals surface area contributed by atoms with Gasteiger partial charge in [-0.1, -0.05) is 13.8 Å². The molecule has 1 aromatic rings. The number of carboxylic acids is 1. The lowest BCUT2D eigenvalue weighted by molar-refractivity contribution is 0.0696. The number of carbonyl (C=O) groups excluding carboxylic acids is 1. The zero-order chi connectivity index (χ0) is 14.6. The van der Waals surface area contributed by atoms with Gasteiger partial charge >= 0.3 is 12.0 Å². The summed E-state index contributed by atoms with van der Waals surface area (Å²) in [6, 6.07) is 4.42. The van der Waals surface area contributed by atoms with Crippen molar-refractivity contribution in [3.8, 4) is 0 Å². The summed E-state index contributed by atoms with van der Waals surface area (Å²) < 4.78 is 0.480. The van der Waals surface area contributed by atoms with E-state index in [0.29, 0.717) is 22.6 Å². The summed E-state index contributed by atoms with van der Waals surface area (Å²) >= 11 is 3.15. The van der Waals surface area contributed by atoms with Crippen LogP contribution in [0.25, 0.3) is 0 Å². The van der Waals surface area contributed by atoms with Crippen LogP contribution in [0.2, 0.25) is 0 Å². The second-order valence-electron chi connectivity index (χ2n) is 4.70. The summed E-state index contributed by atoms with van der Waals surface area (Å²) in [5.74, 6) is -0.672. The van der Waals surface area contributed by atoms with Crippen molar-refractivity contribution < 1.29 is 14.7 Å². The Bertz CT molecular complexity index is 489. The lowest BCUT2D eigenvalue weighted by atomic mass is 10.2. The highest BCUT2D eigenvalue weighted by atomic mass is 79.9. The second-order valence-corrected chi connectivity index (χ2v) is 5.56. The van der Waals surface area contributed by atoms with E-state index in [1.807, 2.05) is 13.8 Å². The molecule has 0 aliphatic carbocycles. The number of hydrogen-bond donors (Lipinski definition) is 2. The molecule has 0 spiro atoms. The molecule has 1 aromatic carbocycles. The molecule has 0 bridgehead atoms. The molecule has 0 aliphatic heterocycles. The number of amides is 2. The Morgan fingerprint density at radius 1 is 1.42 bits per heavy atom. The van der Waals surface area contributed by atoms with Gasteiger partial charge in [-0.2, -0.15) is 0 Å². The molecular formula is C13H17BrN2O3. The van der Waals surface area contributed by atoms with E-state index < -0.39 is 5.97 Å². The normalized spacial score (nSPS) is 10.4. The van der Waals surface area contributed by atoms with E-state index in [0.717, 1.165) is 0 Å². The van der Waals surface area contributed by atoms with Crippen LogP contribution in [0.5, 0.6) is 0 Å². The van der Waals surface area contributed by atoms with E-state index in [1.165, 1.54) is 6.07 Å². The number of halogens is 1. The Morgan fingerprint density at radius 2 is 2.05 bits per heavy atom. The Labute approximate surface area is 120 Å². The number of aromatic carboxylic acids is 1. The molecule has 2 N–H and O–H groups in total. The summed E-state index contributed by atoms with van der Waals surface area (Å²) in [6.45, 7) is 4.67. The third-order valence-electron chi connectivity index (χ3n) is 2.43. The first-order chi connectivity index (χ1) is 8.81. The molecular weight excluding hydrogens is 312 g/mol. The average molecular weight is 329 g/mol. The van der Waals surface area contributed by atoms with Crippen molar-refractivity contribution >= 4 is 33.6 Å². The number of nitrogens with zero attached hydrogens (tertiary/aromatic N) is 1. The van der Waals surface area contributed by atoms with Crippen LogP contribution >= 0.6 is 15.9 Å². The lowest BCUT2D eigenvalue weighted by Crippen LogP contribution is -2.34. The Kier molecular flexibility index (Phi) is 5.35. The van der Waals surface area contributed by atoms with Gasteiger partial charge in [0.1, 0.15) is 0 Å². The van der Waals surface area contributed by atoms with Crippen molar-refractivity contribution in [2.75, 3.05) is 18.9 Å². The van der Waals surface area contributed by atoms with Crippen LogP contribution in [0.15, 0.2) is 22.7 Å². The summed E-state index contributed by atoms with van der Waals surface area (Å²) in [6.07, 6.45) is 0. The van der Waals surface area contributed by atoms with Crippen LogP contribution in [-0.4, -0.2) is 35.6 Å². The van der Waals surface area contributed by atoms with E-state index in [4.69, 9.17) is 5.11 Å². The molecule has 0 saturated heterocycles. The number of benzene rings is 1. The number of anilines is 1. The van der Waals surface area contributed by atoms with E-state index in [2.05, 4.69) is 21.2 Å². The molecule has 0 unspecified atom stereocenters. The molecule has 6 heteroatoms. The molecule has 0 aromatic heterocycles. The minimum Gasteiger partial charge on any atom is -0.478 e. The van der Waals surface area contributed by atoms with Crippen molar-refractivity contribution in [2.24, 2.45) is 5.92 Å². The first-order valence-electron chi connectivity index (χ1n) is 5.86. The zero-order valence-corrected chi connectivity index (χ0v) is 12.7. The molecule has 0 radical (unpaired) electrons. The molecule has 0 fully saturated rings. The molecule has 0 atom stereocenters. The van der Waals surface area contributed by atoms with Crippen molar-refractivity contribution in [1.82, 2.24) is 4.90 Å². The fourth-order valence-corrected chi connectivity index (χ4v) is 2.03. The lowest BCUT2D eigenvalue weighted by Gasteiger charge is -2.20. The molecule has 0 saturated carbocycles. The van der Waals surface area contributed by atoms with Gasteiger partial charge in [-0.3, -0.25) is 0 Å². The predicted molar refractivity (Wildman–Crippen MR) is 77.6 cm³/mol. The largest absolute Gasteiger partial charge is 0.478 e. The molecule has 0 heterocycles. The standard InChI is InChI=1S/C13H17BrN2O3/c1-8(2)7-16(3)13(19)15-9-4-5-11(14)10(6-9)12(17)18/h4-6,8H,7H2,1-3H3,(H,15,19)(H,17,18). The van der Waals surface area contributed by atoms with E-state index in [1.54, 1.807) is 24.1 Å². The third kappa shape index (κ3) is 4.55. The van der Waals surface area contributed by atoms with Gasteiger partial charge in [0.2, 0.25) is 0 Å². The monoisotopic (exact) mass is 328 g/mol. The summed E-state index contributed by atoms with van der Waals surface area (Å²) in [7, 11) is 1.70. The van der Waals surface area contributed by atoms with Gasteiger partial charge in [0, 0.05) is 23.8 Å². The number of carboxylic acid groups (broad SMARTS) is 1. The van der Waals surface area contributed by atoms with Gasteiger partial charge in [0.05, 0.1) is 5.56 Å². The quantitative estimate of drug-likeness (QED) is 0.891. The van der Waals surface area contributed by atoms with Crippen LogP contribution in [0.4, 0.5) is 10.5 Å². The highest BCUT2D eigenvalue weighted by Gasteiger charge is 2.13. The maximum Gasteiger partial charge on any atom is 0.336 e. The summed E-state index contributed by atoms with van der Waals surface area (Å²) in [4.78, 5) is 24.4. The van der Waals surface area contributed by atoms with E-state index >= 15 is 0 Å². The average Bonchev–Trinajstić information content (AvgIpc) is 2.30. The molecule has 1 rings (SSSR count). The van der Waals surface area contributed by atoms with Crippen molar-refractivity contribution in [2.45, 2.75) is 13.8 Å². The number of nitrogens with one attached hydrogen (secondary N) is 1. The number of urea groups is 1. The Morgan fingerprint density at radius 3 is 2.58 bits per heavy atom. The van der Waals surface area contributed by atoms with Gasteiger partial charge < -0.3 is 15.3 Å². The molecule has 104 valence electrons. The van der Waals surface area contributed by atoms with Crippen LogP contribution in [-0.2, 0) is 0 Å². The van der Waals surface area contributed by atoms with Crippen molar-refractivity contribution in [3.63, 3.8) is 0 Å². The van der Waals surface area contributed by atoms with Gasteiger partial charge in [0.25, 0.3) is 0 Å². The fourth-order valence-electron chi connectivity index (χ4n) is 1.62. The first-order valence-corrected chi connectivity index (χ1v) is 6.65. The van der Waals surface area contributed by atoms with Gasteiger partial charge in [0.15, 0.2) is 0 Å². The van der Waals surface area contributed by atoms with Gasteiger partial charge in [-0.15, -0.1) is 0 Å². The third-order valence-corrected chi connectivity index (χ3v) is 3.13. The minimum absolute atomic E-state index is 0.115. The summed E-state index contributed by atoms with van der Waals surface area (Å²) in [5.41, 5.74) is 0.575. The molecule has 19 heavy (non-hydrogen) atoms. The SMILES string of the molecule is CC(C)CN(C)C(=O)Nc1ccc(Br)c(C(=O)O)c1. The highest BCUT2D eigenvalue weighted by molar-refractivity contribution is 9.10. The smallest absolute Gasteiger partial charge is 0.336 e. The van der Waals surface area contributed by atoms with Crippen molar-refractivity contribution in [1.29, 1.82) is 0 Å². The maximum absolute atomic E-state index is 11.9. The van der Waals surface area contributed by atoms with Crippen LogP contribution in [0.3, 0.4) is 0 Å². The van der Waals surface area contributed by atoms with Gasteiger partial charge in [-0.25, -0.2) is 9.59 Å². The number of carbonyl (C=O) groups is 2. The summed E-state index contributed by atoms with van der Waals surface area (Å²) in [5, 5.41) is 11.7. The minimum atomic E-state index is -1.04. The van der Waals surface area contributed by atoms with E-state index in [-0.39, 0.29) is 11.6 Å². The Balaban J connectivity index is 2.80. The van der Waals surface area contributed by atoms with E-state index in [9.17, 15) is 9.59 Å². The number of hydrogen-bond acceptors (Lipinski definition) is 2. The van der Waals surface area contributed by atoms with Gasteiger partial charge in [-0.05, 0) is 40.0 Å². The van der Waals surface area contributed by atoms with Crippen LogP contribution in [0.1, 0.15) is 24.2 Å². The molecule has 5 nitrogen and oxygen atoms in total. The zero-order valence-electron chi connectivity index (χ0n) is 11.1. The predicted octanol–water partition coefficient (Wildman–Crippen LogP) is 3.27. The first kappa shape index (κ1) is 15.5. The van der Waals surface area contributed by atoms with Crippen molar-refractivity contribution in [3.05, 3.63) is 28.2 Å². The fraction of sp³-hybridized carbons (Fsp3) is 0.385. The van der Waals surface area contributed by atoms with Crippen LogP contribution in [0, 0.1) is 5.92 Å². The van der Waals surface area contributed by atoms with Crippen LogP contribution < -0.4 is 5.32 Å².